The number of halogens is 3. The van der Waals surface area contributed by atoms with E-state index in [0.29, 0.717) is 17.5 Å². The van der Waals surface area contributed by atoms with Crippen LogP contribution < -0.4 is 10.1 Å². The lowest BCUT2D eigenvalue weighted by Gasteiger charge is -2.26. The first-order chi connectivity index (χ1) is 9.52. The highest BCUT2D eigenvalue weighted by Crippen LogP contribution is 2.31. The third-order valence-electron chi connectivity index (χ3n) is 3.13. The molecule has 2 aromatic rings. The Morgan fingerprint density at radius 1 is 1.15 bits per heavy atom. The van der Waals surface area contributed by atoms with Crippen LogP contribution >= 0.6 is 0 Å². The van der Waals surface area contributed by atoms with Crippen molar-refractivity contribution in [1.29, 1.82) is 0 Å². The molecule has 0 saturated carbocycles. The summed E-state index contributed by atoms with van der Waals surface area (Å²) in [5.74, 6) is 0.862. The van der Waals surface area contributed by atoms with Crippen molar-refractivity contribution in [3.63, 3.8) is 0 Å². The van der Waals surface area contributed by atoms with Gasteiger partial charge in [0.15, 0.2) is 5.75 Å². The molecule has 4 nitrogen and oxygen atoms in total. The highest BCUT2D eigenvalue weighted by Gasteiger charge is 2.30. The summed E-state index contributed by atoms with van der Waals surface area (Å²) in [5.41, 5.74) is -0.693. The Morgan fingerprint density at radius 3 is 2.40 bits per heavy atom. The van der Waals surface area contributed by atoms with E-state index in [-0.39, 0.29) is 0 Å². The normalized spacial score (nSPS) is 15.9. The Kier molecular flexibility index (Phi) is 3.13. The molecule has 106 valence electrons. The number of alkyl halides is 3. The lowest BCUT2D eigenvalue weighted by atomic mass is 10.2. The predicted molar refractivity (Wildman–Crippen MR) is 65.7 cm³/mol. The van der Waals surface area contributed by atoms with Crippen molar-refractivity contribution in [2.45, 2.75) is 12.2 Å². The van der Waals surface area contributed by atoms with Gasteiger partial charge in [0.1, 0.15) is 5.75 Å². The topological polar surface area (TPSA) is 39.1 Å². The minimum absolute atomic E-state index is 0.319. The van der Waals surface area contributed by atoms with Crippen LogP contribution in [0.5, 0.6) is 11.5 Å². The standard InChI is InChI=1S/C13H12F3N3O/c14-13(15,16)9-1-3-11(4-2-9)20-12-7-18-19(8-12)10-5-17-6-10/h1-4,7-8,10,17H,5-6H2. The van der Waals surface area contributed by atoms with Crippen molar-refractivity contribution < 1.29 is 17.9 Å². The summed E-state index contributed by atoms with van der Waals surface area (Å²) in [5, 5.41) is 7.29. The molecule has 1 N–H and O–H groups in total. The van der Waals surface area contributed by atoms with Crippen LogP contribution in [0.3, 0.4) is 0 Å². The molecule has 1 aromatic heterocycles. The van der Waals surface area contributed by atoms with Gasteiger partial charge in [-0.2, -0.15) is 18.3 Å². The summed E-state index contributed by atoms with van der Waals surface area (Å²) in [6.45, 7) is 1.72. The van der Waals surface area contributed by atoms with Crippen molar-refractivity contribution in [2.24, 2.45) is 0 Å². The first-order valence-electron chi connectivity index (χ1n) is 6.12. The van der Waals surface area contributed by atoms with E-state index in [1.165, 1.54) is 12.1 Å². The molecule has 3 rings (SSSR count). The van der Waals surface area contributed by atoms with E-state index in [1.54, 1.807) is 17.1 Å². The molecular formula is C13H12F3N3O. The smallest absolute Gasteiger partial charge is 0.416 e. The Balaban J connectivity index is 1.69. The van der Waals surface area contributed by atoms with Gasteiger partial charge in [0.25, 0.3) is 0 Å². The Morgan fingerprint density at radius 2 is 1.85 bits per heavy atom. The van der Waals surface area contributed by atoms with Gasteiger partial charge < -0.3 is 10.1 Å². The van der Waals surface area contributed by atoms with E-state index < -0.39 is 11.7 Å². The molecule has 1 aromatic carbocycles. The van der Waals surface area contributed by atoms with E-state index in [0.717, 1.165) is 25.2 Å². The van der Waals surface area contributed by atoms with Gasteiger partial charge in [-0.05, 0) is 24.3 Å². The number of hydrogen-bond acceptors (Lipinski definition) is 3. The molecular weight excluding hydrogens is 271 g/mol. The summed E-state index contributed by atoms with van der Waals surface area (Å²) in [4.78, 5) is 0. The van der Waals surface area contributed by atoms with Gasteiger partial charge in [-0.25, -0.2) is 0 Å². The van der Waals surface area contributed by atoms with Gasteiger partial charge in [-0.15, -0.1) is 0 Å². The van der Waals surface area contributed by atoms with Crippen molar-refractivity contribution in [1.82, 2.24) is 15.1 Å². The third-order valence-corrected chi connectivity index (χ3v) is 3.13. The zero-order valence-corrected chi connectivity index (χ0v) is 10.4. The second-order valence-corrected chi connectivity index (χ2v) is 4.59. The van der Waals surface area contributed by atoms with Gasteiger partial charge in [0, 0.05) is 13.1 Å². The molecule has 0 bridgehead atoms. The van der Waals surface area contributed by atoms with Gasteiger partial charge in [-0.1, -0.05) is 0 Å². The molecule has 0 atom stereocenters. The Labute approximate surface area is 113 Å². The van der Waals surface area contributed by atoms with Crippen LogP contribution in [-0.2, 0) is 6.18 Å². The maximum atomic E-state index is 12.4. The highest BCUT2D eigenvalue weighted by molar-refractivity contribution is 5.32. The Hall–Kier alpha value is -2.02. The summed E-state index contributed by atoms with van der Waals surface area (Å²) in [7, 11) is 0. The average molecular weight is 283 g/mol. The molecule has 0 spiro atoms. The maximum Gasteiger partial charge on any atom is 0.416 e. The fraction of sp³-hybridized carbons (Fsp3) is 0.308. The molecule has 1 saturated heterocycles. The molecule has 0 radical (unpaired) electrons. The minimum atomic E-state index is -4.33. The zero-order chi connectivity index (χ0) is 14.2. The molecule has 0 amide bonds. The lowest BCUT2D eigenvalue weighted by Crippen LogP contribution is -2.43. The first kappa shape index (κ1) is 13.0. The lowest BCUT2D eigenvalue weighted by molar-refractivity contribution is -0.137. The largest absolute Gasteiger partial charge is 0.454 e. The van der Waals surface area contributed by atoms with Crippen LogP contribution in [0.2, 0.25) is 0 Å². The monoisotopic (exact) mass is 283 g/mol. The minimum Gasteiger partial charge on any atom is -0.454 e. The van der Waals surface area contributed by atoms with Crippen LogP contribution in [0.25, 0.3) is 0 Å². The number of rotatable bonds is 3. The van der Waals surface area contributed by atoms with Crippen LogP contribution in [0, 0.1) is 0 Å². The first-order valence-corrected chi connectivity index (χ1v) is 6.12. The van der Waals surface area contributed by atoms with Crippen molar-refractivity contribution in [3.05, 3.63) is 42.2 Å². The Bertz CT molecular complexity index is 588. The number of hydrogen-bond donors (Lipinski definition) is 1. The van der Waals surface area contributed by atoms with E-state index in [1.807, 2.05) is 0 Å². The molecule has 1 aliphatic heterocycles. The average Bonchev–Trinajstić information content (AvgIpc) is 2.74. The van der Waals surface area contributed by atoms with E-state index >= 15 is 0 Å². The second kappa shape index (κ2) is 4.82. The summed E-state index contributed by atoms with van der Waals surface area (Å²) < 4.78 is 44.5. The molecule has 7 heteroatoms. The molecule has 2 heterocycles. The SMILES string of the molecule is FC(F)(F)c1ccc(Oc2cnn(C3CNC3)c2)cc1. The third kappa shape index (κ3) is 2.62. The van der Waals surface area contributed by atoms with Crippen molar-refractivity contribution in [2.75, 3.05) is 13.1 Å². The number of benzene rings is 1. The van der Waals surface area contributed by atoms with E-state index in [2.05, 4.69) is 10.4 Å². The quantitative estimate of drug-likeness (QED) is 0.941. The van der Waals surface area contributed by atoms with E-state index in [9.17, 15) is 13.2 Å². The van der Waals surface area contributed by atoms with Crippen LogP contribution in [0.1, 0.15) is 11.6 Å². The summed E-state index contributed by atoms with van der Waals surface area (Å²) in [6, 6.07) is 4.90. The fourth-order valence-electron chi connectivity index (χ4n) is 1.88. The van der Waals surface area contributed by atoms with Crippen LogP contribution in [0.15, 0.2) is 36.7 Å². The zero-order valence-electron chi connectivity index (χ0n) is 10.4. The second-order valence-electron chi connectivity index (χ2n) is 4.59. The highest BCUT2D eigenvalue weighted by atomic mass is 19.4. The summed E-state index contributed by atoms with van der Waals surface area (Å²) >= 11 is 0. The molecule has 1 aliphatic rings. The molecule has 20 heavy (non-hydrogen) atoms. The number of ether oxygens (including phenoxy) is 1. The van der Waals surface area contributed by atoms with Gasteiger partial charge in [0.2, 0.25) is 0 Å². The predicted octanol–water partition coefficient (Wildman–Crippen LogP) is 2.84. The van der Waals surface area contributed by atoms with Crippen LogP contribution in [-0.4, -0.2) is 22.9 Å². The molecule has 1 fully saturated rings. The number of aromatic nitrogens is 2. The maximum absolute atomic E-state index is 12.4. The summed E-state index contributed by atoms with van der Waals surface area (Å²) in [6.07, 6.45) is -1.04. The van der Waals surface area contributed by atoms with E-state index in [4.69, 9.17) is 4.74 Å². The number of nitrogens with one attached hydrogen (secondary N) is 1. The fourth-order valence-corrected chi connectivity index (χ4v) is 1.88. The van der Waals surface area contributed by atoms with Gasteiger partial charge in [0.05, 0.1) is 24.0 Å². The molecule has 0 aliphatic carbocycles. The van der Waals surface area contributed by atoms with Crippen LogP contribution in [0.4, 0.5) is 13.2 Å². The molecule has 0 unspecified atom stereocenters. The van der Waals surface area contributed by atoms with Gasteiger partial charge >= 0.3 is 6.18 Å². The van der Waals surface area contributed by atoms with Crippen molar-refractivity contribution >= 4 is 0 Å². The number of nitrogens with zero attached hydrogens (tertiary/aromatic N) is 2. The van der Waals surface area contributed by atoms with Crippen molar-refractivity contribution in [3.8, 4) is 11.5 Å². The van der Waals surface area contributed by atoms with Gasteiger partial charge in [-0.3, -0.25) is 4.68 Å².